The van der Waals surface area contributed by atoms with Crippen molar-refractivity contribution in [3.05, 3.63) is 112 Å². The van der Waals surface area contributed by atoms with Crippen molar-refractivity contribution in [3.8, 4) is 6.07 Å². The topological polar surface area (TPSA) is 88.0 Å². The molecule has 3 aromatic carbocycles. The fourth-order valence-corrected chi connectivity index (χ4v) is 6.06. The highest BCUT2D eigenvalue weighted by atomic mass is 35.5. The molecule has 7 rings (SSSR count). The Kier molecular flexibility index (Phi) is 6.68. The van der Waals surface area contributed by atoms with Gasteiger partial charge in [-0.25, -0.2) is 4.39 Å². The van der Waals surface area contributed by atoms with E-state index in [0.717, 1.165) is 53.7 Å². The maximum atomic E-state index is 14.0. The number of hydrogen-bond acceptors (Lipinski definition) is 7. The van der Waals surface area contributed by atoms with Crippen molar-refractivity contribution in [1.82, 2.24) is 21.0 Å². The van der Waals surface area contributed by atoms with Gasteiger partial charge in [0.1, 0.15) is 19.7 Å². The molecule has 2 heterocycles. The van der Waals surface area contributed by atoms with Gasteiger partial charge in [0.2, 0.25) is 0 Å². The first-order valence-corrected chi connectivity index (χ1v) is 14.7. The summed E-state index contributed by atoms with van der Waals surface area (Å²) in [5, 5.41) is 20.8. The first-order valence-electron chi connectivity index (χ1n) is 14.3. The monoisotopic (exact) mass is 577 g/mol. The van der Waals surface area contributed by atoms with Gasteiger partial charge in [0, 0.05) is 29.5 Å². The normalized spacial score (nSPS) is 18.5. The molecule has 2 saturated carbocycles. The number of rotatable bonds is 9. The van der Waals surface area contributed by atoms with Crippen LogP contribution in [0.5, 0.6) is 0 Å². The molecule has 0 bridgehead atoms. The third-order valence-electron chi connectivity index (χ3n) is 8.48. The van der Waals surface area contributed by atoms with Crippen molar-refractivity contribution in [2.45, 2.75) is 43.2 Å². The van der Waals surface area contributed by atoms with Gasteiger partial charge in [0.15, 0.2) is 0 Å². The number of nitrogens with one attached hydrogen (secondary N) is 4. The smallest absolute Gasteiger partial charge is 0.148 e. The first kappa shape index (κ1) is 26.6. The lowest BCUT2D eigenvalue weighted by Crippen LogP contribution is -2.45. The van der Waals surface area contributed by atoms with E-state index in [1.54, 1.807) is 18.3 Å². The average molecular weight is 578 g/mol. The highest BCUT2D eigenvalue weighted by Crippen LogP contribution is 2.45. The lowest BCUT2D eigenvalue weighted by molar-refractivity contribution is 0.260. The van der Waals surface area contributed by atoms with Crippen LogP contribution in [0.15, 0.2) is 84.8 Å². The zero-order valence-electron chi connectivity index (χ0n) is 23.2. The number of aromatic nitrogens is 1. The summed E-state index contributed by atoms with van der Waals surface area (Å²) >= 11 is 6.87. The Balaban J connectivity index is 1.32. The highest BCUT2D eigenvalue weighted by molar-refractivity contribution is 6.36. The zero-order chi connectivity index (χ0) is 28.8. The number of nitrogens with zero attached hydrogens (tertiary/aromatic N) is 3. The predicted molar refractivity (Wildman–Crippen MR) is 166 cm³/mol. The molecule has 1 aliphatic heterocycles. The van der Waals surface area contributed by atoms with Crippen LogP contribution in [0.2, 0.25) is 5.02 Å². The fourth-order valence-electron chi connectivity index (χ4n) is 5.79. The van der Waals surface area contributed by atoms with Gasteiger partial charge in [-0.05, 0) is 67.0 Å². The minimum Gasteiger partial charge on any atom is -0.378 e. The number of hydrazine groups is 2. The molecule has 4 aromatic rings. The van der Waals surface area contributed by atoms with Gasteiger partial charge in [-0.1, -0.05) is 54.1 Å². The summed E-state index contributed by atoms with van der Waals surface area (Å²) in [7, 11) is 2.05. The molecule has 2 unspecified atom stereocenters. The fraction of sp³-hybridized carbons (Fsp3) is 0.250. The second-order valence-electron chi connectivity index (χ2n) is 11.6. The molecule has 2 aliphatic carbocycles. The van der Waals surface area contributed by atoms with Crippen LogP contribution in [0.4, 0.5) is 15.8 Å². The van der Waals surface area contributed by atoms with Crippen LogP contribution in [0.1, 0.15) is 48.4 Å². The van der Waals surface area contributed by atoms with E-state index in [-0.39, 0.29) is 11.9 Å². The number of pyridine rings is 1. The second-order valence-corrected chi connectivity index (χ2v) is 12.0. The molecular weight excluding hydrogens is 548 g/mol. The summed E-state index contributed by atoms with van der Waals surface area (Å²) in [6.07, 6.45) is 8.19. The van der Waals surface area contributed by atoms with E-state index >= 15 is 0 Å². The molecule has 2 atom stereocenters. The van der Waals surface area contributed by atoms with Gasteiger partial charge in [0.25, 0.3) is 0 Å². The van der Waals surface area contributed by atoms with E-state index in [2.05, 4.69) is 63.8 Å². The van der Waals surface area contributed by atoms with Crippen LogP contribution >= 0.6 is 11.6 Å². The van der Waals surface area contributed by atoms with Gasteiger partial charge >= 0.3 is 0 Å². The van der Waals surface area contributed by atoms with Crippen LogP contribution in [0.25, 0.3) is 10.9 Å². The molecule has 0 radical (unpaired) electrons. The number of hydrogen-bond donors (Lipinski definition) is 4. The van der Waals surface area contributed by atoms with Crippen LogP contribution in [0.3, 0.4) is 0 Å². The minimum atomic E-state index is -0.768. The summed E-state index contributed by atoms with van der Waals surface area (Å²) in [6.45, 7) is 0. The largest absolute Gasteiger partial charge is 0.378 e. The number of fused-ring (bicyclic) bond motifs is 1. The number of nitriles is 1. The Morgan fingerprint density at radius 3 is 2.55 bits per heavy atom. The molecule has 0 saturated heterocycles. The Morgan fingerprint density at radius 1 is 1.10 bits per heavy atom. The van der Waals surface area contributed by atoms with E-state index in [1.165, 1.54) is 17.7 Å². The van der Waals surface area contributed by atoms with Crippen LogP contribution in [-0.4, -0.2) is 23.9 Å². The Labute approximate surface area is 250 Å². The van der Waals surface area contributed by atoms with E-state index in [0.29, 0.717) is 28.1 Å². The van der Waals surface area contributed by atoms with Gasteiger partial charge in [-0.3, -0.25) is 9.99 Å². The third kappa shape index (κ3) is 5.02. The third-order valence-corrected chi connectivity index (χ3v) is 8.77. The standard InChI is InChI=1S/C32H30BClFN7/c33-32(22-8-10-23(35)11-9-22,28-18-42(41-40-28)25-12-13-25)39-24-14-26-30(21(16-36)17-37-31(26)27(34)15-24)38-29(20-6-7-20)19-4-2-1-3-5-19/h1-5,8-11,14-15,17-18,20,25,29,39-41H,6-7,12-13,33H2,(H,37,38). The maximum Gasteiger partial charge on any atom is 0.148 e. The molecule has 1 aromatic heterocycles. The molecule has 0 spiro atoms. The van der Waals surface area contributed by atoms with Crippen molar-refractivity contribution in [2.75, 3.05) is 10.6 Å². The van der Waals surface area contributed by atoms with Crippen molar-refractivity contribution < 1.29 is 4.39 Å². The van der Waals surface area contributed by atoms with Crippen molar-refractivity contribution >= 4 is 41.7 Å². The summed E-state index contributed by atoms with van der Waals surface area (Å²) in [6, 6.07) is 23.6. The SMILES string of the molecule is BC(Nc1cc(Cl)c2ncc(C#N)c(NC(c3ccccc3)C3CC3)c2c1)(C1=CN(C2CC2)NN1)c1ccc(F)cc1. The summed E-state index contributed by atoms with van der Waals surface area (Å²) < 4.78 is 14.0. The van der Waals surface area contributed by atoms with Gasteiger partial charge in [0.05, 0.1) is 39.0 Å². The molecule has 7 nitrogen and oxygen atoms in total. The van der Waals surface area contributed by atoms with E-state index in [9.17, 15) is 9.65 Å². The van der Waals surface area contributed by atoms with Gasteiger partial charge in [-0.2, -0.15) is 5.26 Å². The van der Waals surface area contributed by atoms with Crippen molar-refractivity contribution in [1.29, 1.82) is 5.26 Å². The Morgan fingerprint density at radius 2 is 1.86 bits per heavy atom. The molecule has 42 heavy (non-hydrogen) atoms. The predicted octanol–water partition coefficient (Wildman–Crippen LogP) is 5.69. The lowest BCUT2D eigenvalue weighted by Gasteiger charge is -2.34. The molecule has 4 N–H and O–H groups in total. The average Bonchev–Trinajstić information content (AvgIpc) is 3.95. The van der Waals surface area contributed by atoms with Gasteiger partial charge in [-0.15, -0.1) is 5.53 Å². The minimum absolute atomic E-state index is 0.0658. The molecule has 10 heteroatoms. The lowest BCUT2D eigenvalue weighted by atomic mass is 9.69. The number of anilines is 2. The molecular formula is C32H30BClFN7. The van der Waals surface area contributed by atoms with Crippen LogP contribution in [0, 0.1) is 23.1 Å². The summed E-state index contributed by atoms with van der Waals surface area (Å²) in [4.78, 5) is 4.57. The van der Waals surface area contributed by atoms with Crippen LogP contribution < -0.4 is 21.6 Å². The first-order chi connectivity index (χ1) is 20.4. The highest BCUT2D eigenvalue weighted by Gasteiger charge is 2.38. The number of halogens is 2. The zero-order valence-corrected chi connectivity index (χ0v) is 23.9. The summed E-state index contributed by atoms with van der Waals surface area (Å²) in [5.41, 5.74) is 11.3. The molecule has 210 valence electrons. The van der Waals surface area contributed by atoms with Gasteiger partial charge < -0.3 is 16.1 Å². The maximum absolute atomic E-state index is 14.0. The number of benzene rings is 3. The van der Waals surface area contributed by atoms with E-state index < -0.39 is 5.44 Å². The van der Waals surface area contributed by atoms with Crippen molar-refractivity contribution in [2.24, 2.45) is 5.92 Å². The Hall–Kier alpha value is -4.26. The molecule has 0 amide bonds. The second kappa shape index (κ2) is 10.5. The van der Waals surface area contributed by atoms with Crippen LogP contribution in [-0.2, 0) is 5.44 Å². The molecule has 3 aliphatic rings. The van der Waals surface area contributed by atoms with E-state index in [1.807, 2.05) is 30.3 Å². The quantitative estimate of drug-likeness (QED) is 0.190. The van der Waals surface area contributed by atoms with Crippen molar-refractivity contribution in [3.63, 3.8) is 0 Å². The summed E-state index contributed by atoms with van der Waals surface area (Å²) in [5.74, 6) is 0.193. The Bertz CT molecular complexity index is 1720. The molecule has 2 fully saturated rings. The van der Waals surface area contributed by atoms with E-state index in [4.69, 9.17) is 11.6 Å².